The molecule has 22 heavy (non-hydrogen) atoms. The summed E-state index contributed by atoms with van der Waals surface area (Å²) in [6.45, 7) is 4.46. The Balaban J connectivity index is 0.00000242. The van der Waals surface area contributed by atoms with Crippen molar-refractivity contribution in [3.63, 3.8) is 0 Å². The Bertz CT molecular complexity index is 476. The molecule has 1 unspecified atom stereocenters. The molecule has 1 fully saturated rings. The number of benzene rings is 1. The van der Waals surface area contributed by atoms with Crippen LogP contribution in [0.25, 0.3) is 0 Å². The number of nitrogens with one attached hydrogen (secondary N) is 1. The predicted octanol–water partition coefficient (Wildman–Crippen LogP) is 1.92. The molecule has 1 aliphatic heterocycles. The average molecular weight is 330 g/mol. The van der Waals surface area contributed by atoms with Crippen molar-refractivity contribution in [1.29, 1.82) is 0 Å². The lowest BCUT2D eigenvalue weighted by Gasteiger charge is -2.33. The number of carbonyl (C=O) groups is 1. The molecule has 0 aliphatic carbocycles. The highest BCUT2D eigenvalue weighted by Crippen LogP contribution is 2.19. The van der Waals surface area contributed by atoms with Crippen molar-refractivity contribution >= 4 is 18.3 Å². The maximum atomic E-state index is 13.4. The number of amides is 1. The minimum Gasteiger partial charge on any atom is -0.351 e. The van der Waals surface area contributed by atoms with Crippen LogP contribution in [0.2, 0.25) is 0 Å². The molecule has 1 aromatic carbocycles. The second-order valence-electron chi connectivity index (χ2n) is 5.84. The number of halogens is 2. The van der Waals surface area contributed by atoms with Gasteiger partial charge in [0.2, 0.25) is 5.91 Å². The van der Waals surface area contributed by atoms with E-state index in [4.69, 9.17) is 5.73 Å². The number of piperidine rings is 1. The third-order valence-electron chi connectivity index (χ3n) is 4.18. The topological polar surface area (TPSA) is 58.4 Å². The van der Waals surface area contributed by atoms with Crippen molar-refractivity contribution in [2.24, 2.45) is 11.7 Å². The van der Waals surface area contributed by atoms with E-state index in [0.717, 1.165) is 25.9 Å². The summed E-state index contributed by atoms with van der Waals surface area (Å²) in [5.74, 6) is 0.218. The van der Waals surface area contributed by atoms with Crippen molar-refractivity contribution in [2.75, 3.05) is 19.6 Å². The van der Waals surface area contributed by atoms with Crippen molar-refractivity contribution in [3.05, 3.63) is 35.6 Å². The molecule has 6 heteroatoms. The van der Waals surface area contributed by atoms with Crippen LogP contribution in [0.5, 0.6) is 0 Å². The first kappa shape index (κ1) is 18.9. The van der Waals surface area contributed by atoms with Crippen LogP contribution in [-0.4, -0.2) is 36.5 Å². The van der Waals surface area contributed by atoms with Gasteiger partial charge in [-0.15, -0.1) is 12.4 Å². The van der Waals surface area contributed by atoms with Crippen LogP contribution in [0.3, 0.4) is 0 Å². The fourth-order valence-corrected chi connectivity index (χ4v) is 2.73. The van der Waals surface area contributed by atoms with Crippen LogP contribution in [0.1, 0.15) is 25.3 Å². The first-order chi connectivity index (χ1) is 10.1. The number of nitrogens with zero attached hydrogens (tertiary/aromatic N) is 1. The zero-order valence-electron chi connectivity index (χ0n) is 12.9. The SMILES string of the molecule is CC(N)C1CCN(CC(=O)NCc2ccccc2F)CC1.Cl. The molecule has 1 aromatic rings. The third-order valence-corrected chi connectivity index (χ3v) is 4.18. The molecule has 1 atom stereocenters. The van der Waals surface area contributed by atoms with Crippen LogP contribution in [0, 0.1) is 11.7 Å². The smallest absolute Gasteiger partial charge is 0.234 e. The van der Waals surface area contributed by atoms with Gasteiger partial charge in [0.15, 0.2) is 0 Å². The van der Waals surface area contributed by atoms with E-state index in [1.54, 1.807) is 18.2 Å². The van der Waals surface area contributed by atoms with E-state index in [1.807, 2.05) is 6.92 Å². The molecule has 1 amide bonds. The van der Waals surface area contributed by atoms with E-state index in [1.165, 1.54) is 6.07 Å². The molecule has 0 radical (unpaired) electrons. The molecule has 0 bridgehead atoms. The number of rotatable bonds is 5. The minimum absolute atomic E-state index is 0. The highest BCUT2D eigenvalue weighted by molar-refractivity contribution is 5.85. The molecule has 0 spiro atoms. The number of likely N-dealkylation sites (tertiary alicyclic amines) is 1. The molecule has 1 heterocycles. The summed E-state index contributed by atoms with van der Waals surface area (Å²) in [6.07, 6.45) is 2.08. The van der Waals surface area contributed by atoms with Gasteiger partial charge in [-0.3, -0.25) is 9.69 Å². The van der Waals surface area contributed by atoms with Gasteiger partial charge >= 0.3 is 0 Å². The number of hydrogen-bond acceptors (Lipinski definition) is 3. The summed E-state index contributed by atoms with van der Waals surface area (Å²) in [6, 6.07) is 6.72. The quantitative estimate of drug-likeness (QED) is 0.867. The minimum atomic E-state index is -0.282. The summed E-state index contributed by atoms with van der Waals surface area (Å²) in [5.41, 5.74) is 6.42. The zero-order valence-corrected chi connectivity index (χ0v) is 13.7. The van der Waals surface area contributed by atoms with Gasteiger partial charge in [0, 0.05) is 18.2 Å². The van der Waals surface area contributed by atoms with Crippen LogP contribution in [-0.2, 0) is 11.3 Å². The van der Waals surface area contributed by atoms with Gasteiger partial charge in [-0.05, 0) is 44.8 Å². The fraction of sp³-hybridized carbons (Fsp3) is 0.562. The van der Waals surface area contributed by atoms with E-state index >= 15 is 0 Å². The number of hydrogen-bond donors (Lipinski definition) is 2. The first-order valence-electron chi connectivity index (χ1n) is 7.54. The Morgan fingerprint density at radius 2 is 2.05 bits per heavy atom. The highest BCUT2D eigenvalue weighted by Gasteiger charge is 2.22. The van der Waals surface area contributed by atoms with Gasteiger partial charge in [-0.2, -0.15) is 0 Å². The maximum Gasteiger partial charge on any atom is 0.234 e. The van der Waals surface area contributed by atoms with Crippen molar-refractivity contribution < 1.29 is 9.18 Å². The summed E-state index contributed by atoms with van der Waals surface area (Å²) in [5, 5.41) is 2.78. The monoisotopic (exact) mass is 329 g/mol. The van der Waals surface area contributed by atoms with Gasteiger partial charge < -0.3 is 11.1 Å². The van der Waals surface area contributed by atoms with E-state index in [-0.39, 0.29) is 36.7 Å². The summed E-state index contributed by atoms with van der Waals surface area (Å²) in [4.78, 5) is 14.0. The maximum absolute atomic E-state index is 13.4. The molecule has 124 valence electrons. The normalized spacial score (nSPS) is 17.6. The van der Waals surface area contributed by atoms with E-state index < -0.39 is 0 Å². The third kappa shape index (κ3) is 5.55. The van der Waals surface area contributed by atoms with Crippen LogP contribution >= 0.6 is 12.4 Å². The van der Waals surface area contributed by atoms with Gasteiger partial charge in [-0.1, -0.05) is 18.2 Å². The molecule has 2 rings (SSSR count). The van der Waals surface area contributed by atoms with E-state index in [9.17, 15) is 9.18 Å². The number of carbonyl (C=O) groups excluding carboxylic acids is 1. The first-order valence-corrected chi connectivity index (χ1v) is 7.54. The lowest BCUT2D eigenvalue weighted by Crippen LogP contribution is -2.44. The van der Waals surface area contributed by atoms with Gasteiger partial charge in [-0.25, -0.2) is 4.39 Å². The van der Waals surface area contributed by atoms with Crippen LogP contribution in [0.15, 0.2) is 24.3 Å². The molecule has 3 N–H and O–H groups in total. The van der Waals surface area contributed by atoms with Gasteiger partial charge in [0.25, 0.3) is 0 Å². The second kappa shape index (κ2) is 9.08. The predicted molar refractivity (Wildman–Crippen MR) is 88.3 cm³/mol. The van der Waals surface area contributed by atoms with Gasteiger partial charge in [0.05, 0.1) is 6.54 Å². The fourth-order valence-electron chi connectivity index (χ4n) is 2.73. The zero-order chi connectivity index (χ0) is 15.2. The Morgan fingerprint density at radius 1 is 1.41 bits per heavy atom. The second-order valence-corrected chi connectivity index (χ2v) is 5.84. The van der Waals surface area contributed by atoms with Gasteiger partial charge in [0.1, 0.15) is 5.82 Å². The Morgan fingerprint density at radius 3 is 2.64 bits per heavy atom. The standard InChI is InChI=1S/C16H24FN3O.ClH/c1-12(18)13-6-8-20(9-7-13)11-16(21)19-10-14-4-2-3-5-15(14)17;/h2-5,12-13H,6-11,18H2,1H3,(H,19,21);1H. The molecule has 1 saturated heterocycles. The molecule has 0 saturated carbocycles. The molecular formula is C16H25ClFN3O. The number of nitrogens with two attached hydrogens (primary N) is 1. The Kier molecular flexibility index (Phi) is 7.79. The van der Waals surface area contributed by atoms with Crippen molar-refractivity contribution in [1.82, 2.24) is 10.2 Å². The Hall–Kier alpha value is -1.17. The molecule has 4 nitrogen and oxygen atoms in total. The van der Waals surface area contributed by atoms with E-state index in [2.05, 4.69) is 10.2 Å². The summed E-state index contributed by atoms with van der Waals surface area (Å²) < 4.78 is 13.4. The average Bonchev–Trinajstić information content (AvgIpc) is 2.47. The summed E-state index contributed by atoms with van der Waals surface area (Å²) in [7, 11) is 0. The van der Waals surface area contributed by atoms with Crippen LogP contribution in [0.4, 0.5) is 4.39 Å². The van der Waals surface area contributed by atoms with E-state index in [0.29, 0.717) is 18.0 Å². The molecule has 0 aromatic heterocycles. The van der Waals surface area contributed by atoms with Crippen molar-refractivity contribution in [3.8, 4) is 0 Å². The lowest BCUT2D eigenvalue weighted by molar-refractivity contribution is -0.122. The lowest BCUT2D eigenvalue weighted by atomic mass is 9.91. The molecule has 1 aliphatic rings. The largest absolute Gasteiger partial charge is 0.351 e. The summed E-state index contributed by atoms with van der Waals surface area (Å²) >= 11 is 0. The molecular weight excluding hydrogens is 305 g/mol. The van der Waals surface area contributed by atoms with Crippen molar-refractivity contribution in [2.45, 2.75) is 32.4 Å². The van der Waals surface area contributed by atoms with Crippen LogP contribution < -0.4 is 11.1 Å². The highest BCUT2D eigenvalue weighted by atomic mass is 35.5. The Labute approximate surface area is 137 Å².